The molecular weight excluding hydrogens is 203 g/mol. The highest BCUT2D eigenvalue weighted by Crippen LogP contribution is 2.40. The molecule has 0 aromatic carbocycles. The molecule has 1 aliphatic heterocycles. The van der Waals surface area contributed by atoms with Gasteiger partial charge in [-0.1, -0.05) is 0 Å². The van der Waals surface area contributed by atoms with Crippen molar-refractivity contribution in [2.45, 2.75) is 6.42 Å². The Morgan fingerprint density at radius 1 is 1.50 bits per heavy atom. The first-order chi connectivity index (χ1) is 6.64. The zero-order valence-electron chi connectivity index (χ0n) is 8.65. The van der Waals surface area contributed by atoms with Crippen LogP contribution in [0.15, 0.2) is 0 Å². The number of hydrogen-bond acceptors (Lipinski definition) is 5. The van der Waals surface area contributed by atoms with E-state index in [-0.39, 0.29) is 0 Å². The Kier molecular flexibility index (Phi) is 5.06. The van der Waals surface area contributed by atoms with Gasteiger partial charge in [0.05, 0.1) is 13.2 Å². The van der Waals surface area contributed by atoms with Crippen LogP contribution < -0.4 is 5.90 Å². The normalized spacial score (nSPS) is 23.3. The van der Waals surface area contributed by atoms with Crippen molar-refractivity contribution < 1.29 is 13.9 Å². The third kappa shape index (κ3) is 4.53. The molecule has 1 rings (SSSR count). The standard InChI is InChI=1S/C8H19N2O3P/c1-14(11,13-9)8-2-3-10-4-6-12-7-5-10/h2-9H2,1H3. The summed E-state index contributed by atoms with van der Waals surface area (Å²) < 4.78 is 21.1. The highest BCUT2D eigenvalue weighted by Gasteiger charge is 2.16. The van der Waals surface area contributed by atoms with E-state index in [4.69, 9.17) is 10.6 Å². The van der Waals surface area contributed by atoms with Crippen molar-refractivity contribution >= 4 is 7.37 Å². The summed E-state index contributed by atoms with van der Waals surface area (Å²) in [6.45, 7) is 6.07. The quantitative estimate of drug-likeness (QED) is 0.542. The van der Waals surface area contributed by atoms with Crippen molar-refractivity contribution in [3.8, 4) is 0 Å². The molecule has 0 aliphatic carbocycles. The largest absolute Gasteiger partial charge is 0.379 e. The summed E-state index contributed by atoms with van der Waals surface area (Å²) in [5.74, 6) is 4.93. The van der Waals surface area contributed by atoms with Crippen LogP contribution in [0.4, 0.5) is 0 Å². The van der Waals surface area contributed by atoms with Crippen LogP contribution in [-0.4, -0.2) is 50.6 Å². The topological polar surface area (TPSA) is 64.8 Å². The SMILES string of the molecule is CP(=O)(CCCN1CCOCC1)ON. The Balaban J connectivity index is 2.11. The molecule has 84 valence electrons. The molecule has 6 heteroatoms. The molecule has 1 saturated heterocycles. The third-order valence-corrected chi connectivity index (χ3v) is 3.94. The molecule has 14 heavy (non-hydrogen) atoms. The lowest BCUT2D eigenvalue weighted by Gasteiger charge is -2.26. The van der Waals surface area contributed by atoms with Gasteiger partial charge >= 0.3 is 0 Å². The molecule has 5 nitrogen and oxygen atoms in total. The lowest BCUT2D eigenvalue weighted by Crippen LogP contribution is -2.37. The summed E-state index contributed by atoms with van der Waals surface area (Å²) in [6, 6.07) is 0. The predicted octanol–water partition coefficient (Wildman–Crippen LogP) is 0.507. The molecule has 1 aliphatic rings. The summed E-state index contributed by atoms with van der Waals surface area (Å²) in [5, 5.41) is 0. The maximum Gasteiger partial charge on any atom is 0.217 e. The van der Waals surface area contributed by atoms with Crippen LogP contribution in [0.25, 0.3) is 0 Å². The predicted molar refractivity (Wildman–Crippen MR) is 55.5 cm³/mol. The van der Waals surface area contributed by atoms with Gasteiger partial charge in [0.25, 0.3) is 0 Å². The lowest BCUT2D eigenvalue weighted by atomic mass is 10.4. The molecule has 0 spiro atoms. The number of rotatable bonds is 5. The minimum absolute atomic E-state index is 0.556. The van der Waals surface area contributed by atoms with E-state index in [1.807, 2.05) is 0 Å². The molecule has 2 N–H and O–H groups in total. The van der Waals surface area contributed by atoms with E-state index in [2.05, 4.69) is 9.52 Å². The van der Waals surface area contributed by atoms with E-state index in [0.717, 1.165) is 39.3 Å². The first kappa shape index (κ1) is 12.1. The van der Waals surface area contributed by atoms with Gasteiger partial charge in [0.1, 0.15) is 0 Å². The van der Waals surface area contributed by atoms with Crippen LogP contribution in [0.2, 0.25) is 0 Å². The number of ether oxygens (including phenoxy) is 1. The van der Waals surface area contributed by atoms with Crippen LogP contribution in [0.1, 0.15) is 6.42 Å². The van der Waals surface area contributed by atoms with Gasteiger partial charge in [-0.25, -0.2) is 10.5 Å². The van der Waals surface area contributed by atoms with Gasteiger partial charge in [-0.3, -0.25) is 9.46 Å². The second-order valence-corrected chi connectivity index (χ2v) is 6.34. The molecule has 0 aromatic rings. The molecule has 1 fully saturated rings. The average molecular weight is 222 g/mol. The summed E-state index contributed by atoms with van der Waals surface area (Å²) in [6.07, 6.45) is 1.42. The lowest BCUT2D eigenvalue weighted by molar-refractivity contribution is 0.0380. The van der Waals surface area contributed by atoms with E-state index < -0.39 is 7.37 Å². The molecule has 0 radical (unpaired) electrons. The van der Waals surface area contributed by atoms with Crippen molar-refractivity contribution in [1.82, 2.24) is 4.90 Å². The first-order valence-corrected chi connectivity index (χ1v) is 7.15. The minimum Gasteiger partial charge on any atom is -0.379 e. The van der Waals surface area contributed by atoms with Crippen LogP contribution in [0, 0.1) is 0 Å². The highest BCUT2D eigenvalue weighted by atomic mass is 31.2. The van der Waals surface area contributed by atoms with Crippen LogP contribution in [0.5, 0.6) is 0 Å². The van der Waals surface area contributed by atoms with Crippen LogP contribution in [-0.2, 0) is 13.9 Å². The average Bonchev–Trinajstić information content (AvgIpc) is 2.19. The Labute approximate surface area is 84.9 Å². The van der Waals surface area contributed by atoms with E-state index in [1.165, 1.54) is 0 Å². The Morgan fingerprint density at radius 3 is 2.71 bits per heavy atom. The Hall–Kier alpha value is 0.0700. The maximum atomic E-state index is 11.4. The van der Waals surface area contributed by atoms with Crippen molar-refractivity contribution in [3.63, 3.8) is 0 Å². The van der Waals surface area contributed by atoms with Gasteiger partial charge in [0, 0.05) is 25.9 Å². The smallest absolute Gasteiger partial charge is 0.217 e. The van der Waals surface area contributed by atoms with E-state index in [9.17, 15) is 4.57 Å². The zero-order valence-corrected chi connectivity index (χ0v) is 9.54. The third-order valence-electron chi connectivity index (χ3n) is 2.37. The van der Waals surface area contributed by atoms with Gasteiger partial charge in [0.2, 0.25) is 7.37 Å². The maximum absolute atomic E-state index is 11.4. The molecule has 0 amide bonds. The van der Waals surface area contributed by atoms with Gasteiger partial charge in [-0.15, -0.1) is 0 Å². The first-order valence-electron chi connectivity index (χ1n) is 4.89. The monoisotopic (exact) mass is 222 g/mol. The Bertz CT molecular complexity index is 207. The number of hydrogen-bond donors (Lipinski definition) is 1. The van der Waals surface area contributed by atoms with E-state index in [1.54, 1.807) is 6.66 Å². The second kappa shape index (κ2) is 5.83. The highest BCUT2D eigenvalue weighted by molar-refractivity contribution is 7.58. The zero-order chi connectivity index (χ0) is 10.4. The minimum atomic E-state index is -2.52. The van der Waals surface area contributed by atoms with Crippen LogP contribution in [0.3, 0.4) is 0 Å². The van der Waals surface area contributed by atoms with E-state index >= 15 is 0 Å². The van der Waals surface area contributed by atoms with Crippen molar-refractivity contribution in [3.05, 3.63) is 0 Å². The fourth-order valence-electron chi connectivity index (χ4n) is 1.46. The molecule has 0 bridgehead atoms. The number of morpholine rings is 1. The second-order valence-electron chi connectivity index (χ2n) is 3.65. The van der Waals surface area contributed by atoms with Gasteiger partial charge < -0.3 is 4.74 Å². The van der Waals surface area contributed by atoms with Crippen molar-refractivity contribution in [2.75, 3.05) is 45.7 Å². The summed E-state index contributed by atoms with van der Waals surface area (Å²) >= 11 is 0. The Morgan fingerprint density at radius 2 is 2.14 bits per heavy atom. The summed E-state index contributed by atoms with van der Waals surface area (Å²) in [4.78, 5) is 2.31. The molecule has 1 atom stereocenters. The fraction of sp³-hybridized carbons (Fsp3) is 1.00. The summed E-state index contributed by atoms with van der Waals surface area (Å²) in [5.41, 5.74) is 0. The van der Waals surface area contributed by atoms with Gasteiger partial charge in [0.15, 0.2) is 0 Å². The molecule has 1 unspecified atom stereocenters. The summed E-state index contributed by atoms with van der Waals surface area (Å²) in [7, 11) is -2.52. The van der Waals surface area contributed by atoms with Gasteiger partial charge in [-0.2, -0.15) is 0 Å². The fourth-order valence-corrected chi connectivity index (χ4v) is 2.28. The number of nitrogens with two attached hydrogens (primary N) is 1. The molecule has 0 aromatic heterocycles. The van der Waals surface area contributed by atoms with Crippen LogP contribution >= 0.6 is 7.37 Å². The van der Waals surface area contributed by atoms with Crippen molar-refractivity contribution in [1.29, 1.82) is 0 Å². The molecule has 0 saturated carbocycles. The molecular formula is C8H19N2O3P. The molecule has 1 heterocycles. The van der Waals surface area contributed by atoms with Gasteiger partial charge in [-0.05, 0) is 13.0 Å². The van der Waals surface area contributed by atoms with Crippen molar-refractivity contribution in [2.24, 2.45) is 5.90 Å². The number of nitrogens with zero attached hydrogens (tertiary/aromatic N) is 1. The van der Waals surface area contributed by atoms with E-state index in [0.29, 0.717) is 6.16 Å².